The maximum absolute atomic E-state index is 13.5. The van der Waals surface area contributed by atoms with Crippen molar-refractivity contribution in [3.63, 3.8) is 0 Å². The van der Waals surface area contributed by atoms with Crippen molar-refractivity contribution < 1.29 is 9.18 Å². The molecule has 0 amide bonds. The third-order valence-electron chi connectivity index (χ3n) is 2.95. The molecule has 2 nitrogen and oxygen atoms in total. The third kappa shape index (κ3) is 3.72. The van der Waals surface area contributed by atoms with E-state index in [2.05, 4.69) is 0 Å². The van der Waals surface area contributed by atoms with Crippen molar-refractivity contribution in [1.82, 2.24) is 4.90 Å². The largest absolute Gasteiger partial charge is 0.293 e. The van der Waals surface area contributed by atoms with Gasteiger partial charge < -0.3 is 0 Å². The molecule has 0 bridgehead atoms. The van der Waals surface area contributed by atoms with Crippen LogP contribution in [0.1, 0.15) is 22.2 Å². The SMILES string of the molecule is CCN(CC(=O)c1ccccc1F)Cc1cccs1. The summed E-state index contributed by atoms with van der Waals surface area (Å²) in [7, 11) is 0. The van der Waals surface area contributed by atoms with E-state index in [1.807, 2.05) is 29.3 Å². The Morgan fingerprint density at radius 1 is 1.26 bits per heavy atom. The molecule has 0 fully saturated rings. The highest BCUT2D eigenvalue weighted by Crippen LogP contribution is 2.13. The average molecular weight is 277 g/mol. The summed E-state index contributed by atoms with van der Waals surface area (Å²) < 4.78 is 13.5. The van der Waals surface area contributed by atoms with Gasteiger partial charge in [-0.3, -0.25) is 9.69 Å². The van der Waals surface area contributed by atoms with Crippen LogP contribution in [0.4, 0.5) is 4.39 Å². The van der Waals surface area contributed by atoms with E-state index >= 15 is 0 Å². The van der Waals surface area contributed by atoms with Crippen molar-refractivity contribution in [3.8, 4) is 0 Å². The molecule has 0 aliphatic carbocycles. The summed E-state index contributed by atoms with van der Waals surface area (Å²) in [4.78, 5) is 15.3. The molecule has 1 aromatic carbocycles. The van der Waals surface area contributed by atoms with Crippen LogP contribution in [-0.4, -0.2) is 23.8 Å². The Morgan fingerprint density at radius 3 is 2.68 bits per heavy atom. The van der Waals surface area contributed by atoms with Gasteiger partial charge >= 0.3 is 0 Å². The Hall–Kier alpha value is -1.52. The highest BCUT2D eigenvalue weighted by atomic mass is 32.1. The van der Waals surface area contributed by atoms with E-state index in [0.29, 0.717) is 0 Å². The number of likely N-dealkylation sites (N-methyl/N-ethyl adjacent to an activating group) is 1. The van der Waals surface area contributed by atoms with E-state index in [9.17, 15) is 9.18 Å². The highest BCUT2D eigenvalue weighted by Gasteiger charge is 2.15. The molecule has 0 radical (unpaired) electrons. The van der Waals surface area contributed by atoms with E-state index in [1.54, 1.807) is 23.5 Å². The molecule has 0 unspecified atom stereocenters. The second-order valence-corrected chi connectivity index (χ2v) is 5.32. The van der Waals surface area contributed by atoms with Crippen molar-refractivity contribution in [2.75, 3.05) is 13.1 Å². The molecule has 0 saturated heterocycles. The minimum absolute atomic E-state index is 0.170. The molecule has 0 saturated carbocycles. The zero-order chi connectivity index (χ0) is 13.7. The number of ketones is 1. The Kier molecular flexibility index (Phi) is 4.82. The first-order valence-corrected chi connectivity index (χ1v) is 7.11. The van der Waals surface area contributed by atoms with Gasteiger partial charge in [-0.2, -0.15) is 0 Å². The summed E-state index contributed by atoms with van der Waals surface area (Å²) in [5.74, 6) is -0.615. The number of hydrogen-bond donors (Lipinski definition) is 0. The monoisotopic (exact) mass is 277 g/mol. The van der Waals surface area contributed by atoms with Crippen molar-refractivity contribution in [3.05, 3.63) is 58.0 Å². The molecule has 2 rings (SSSR count). The number of Topliss-reactive ketones (excluding diaryl/α,β-unsaturated/α-hetero) is 1. The second kappa shape index (κ2) is 6.59. The van der Waals surface area contributed by atoms with Crippen LogP contribution in [0.5, 0.6) is 0 Å². The van der Waals surface area contributed by atoms with E-state index in [0.717, 1.165) is 13.1 Å². The Morgan fingerprint density at radius 2 is 2.05 bits per heavy atom. The first-order valence-electron chi connectivity index (χ1n) is 6.23. The molecule has 4 heteroatoms. The minimum Gasteiger partial charge on any atom is -0.293 e. The fourth-order valence-corrected chi connectivity index (χ4v) is 2.62. The molecular weight excluding hydrogens is 261 g/mol. The van der Waals surface area contributed by atoms with E-state index in [1.165, 1.54) is 17.0 Å². The molecule has 1 aromatic heterocycles. The number of thiophene rings is 1. The van der Waals surface area contributed by atoms with E-state index < -0.39 is 5.82 Å². The van der Waals surface area contributed by atoms with E-state index in [4.69, 9.17) is 0 Å². The van der Waals surface area contributed by atoms with Crippen LogP contribution in [0.15, 0.2) is 41.8 Å². The van der Waals surface area contributed by atoms with Gasteiger partial charge in [0.1, 0.15) is 5.82 Å². The smallest absolute Gasteiger partial charge is 0.179 e. The summed E-state index contributed by atoms with van der Waals surface area (Å²) in [6, 6.07) is 10.2. The van der Waals surface area contributed by atoms with Gasteiger partial charge in [0.15, 0.2) is 5.78 Å². The summed E-state index contributed by atoms with van der Waals surface area (Å²) in [5.41, 5.74) is 0.173. The van der Waals surface area contributed by atoms with Gasteiger partial charge in [-0.25, -0.2) is 4.39 Å². The van der Waals surface area contributed by atoms with Crippen LogP contribution in [0, 0.1) is 5.82 Å². The number of carbonyl (C=O) groups excluding carboxylic acids is 1. The zero-order valence-electron chi connectivity index (χ0n) is 10.8. The minimum atomic E-state index is -0.445. The first kappa shape index (κ1) is 13.9. The van der Waals surface area contributed by atoms with Crippen LogP contribution in [0.2, 0.25) is 0 Å². The Labute approximate surface area is 116 Å². The summed E-state index contributed by atoms with van der Waals surface area (Å²) >= 11 is 1.67. The van der Waals surface area contributed by atoms with Gasteiger partial charge in [0.25, 0.3) is 0 Å². The normalized spacial score (nSPS) is 10.9. The Balaban J connectivity index is 2.02. The van der Waals surface area contributed by atoms with Crippen LogP contribution >= 0.6 is 11.3 Å². The summed E-state index contributed by atoms with van der Waals surface area (Å²) in [6.45, 7) is 3.74. The van der Waals surface area contributed by atoms with Gasteiger partial charge in [-0.15, -0.1) is 11.3 Å². The first-order chi connectivity index (χ1) is 9.20. The van der Waals surface area contributed by atoms with Gasteiger partial charge in [-0.05, 0) is 30.1 Å². The van der Waals surface area contributed by atoms with Crippen molar-refractivity contribution in [1.29, 1.82) is 0 Å². The van der Waals surface area contributed by atoms with Crippen molar-refractivity contribution in [2.45, 2.75) is 13.5 Å². The van der Waals surface area contributed by atoms with Crippen molar-refractivity contribution in [2.24, 2.45) is 0 Å². The molecule has 100 valence electrons. The molecule has 0 N–H and O–H groups in total. The topological polar surface area (TPSA) is 20.3 Å². The lowest BCUT2D eigenvalue weighted by Gasteiger charge is -2.18. The third-order valence-corrected chi connectivity index (χ3v) is 3.81. The number of hydrogen-bond acceptors (Lipinski definition) is 3. The Bertz CT molecular complexity index is 539. The zero-order valence-corrected chi connectivity index (χ0v) is 11.6. The number of nitrogens with zero attached hydrogens (tertiary/aromatic N) is 1. The van der Waals surface area contributed by atoms with Crippen LogP contribution in [-0.2, 0) is 6.54 Å². The number of carbonyl (C=O) groups is 1. The molecular formula is C15H16FNOS. The van der Waals surface area contributed by atoms with Gasteiger partial charge in [-0.1, -0.05) is 25.1 Å². The second-order valence-electron chi connectivity index (χ2n) is 4.29. The van der Waals surface area contributed by atoms with Crippen LogP contribution in [0.3, 0.4) is 0 Å². The summed E-state index contributed by atoms with van der Waals surface area (Å²) in [5, 5.41) is 2.02. The van der Waals surface area contributed by atoms with Gasteiger partial charge in [0.2, 0.25) is 0 Å². The molecule has 1 heterocycles. The molecule has 0 atom stereocenters. The molecule has 0 spiro atoms. The fraction of sp³-hybridized carbons (Fsp3) is 0.267. The quantitative estimate of drug-likeness (QED) is 0.752. The maximum atomic E-state index is 13.5. The highest BCUT2D eigenvalue weighted by molar-refractivity contribution is 7.09. The number of benzene rings is 1. The molecule has 0 aliphatic rings. The lowest BCUT2D eigenvalue weighted by Crippen LogP contribution is -2.29. The maximum Gasteiger partial charge on any atom is 0.179 e. The molecule has 2 aromatic rings. The predicted octanol–water partition coefficient (Wildman–Crippen LogP) is 3.59. The lowest BCUT2D eigenvalue weighted by molar-refractivity contribution is 0.0926. The lowest BCUT2D eigenvalue weighted by atomic mass is 10.1. The average Bonchev–Trinajstić information content (AvgIpc) is 2.91. The van der Waals surface area contributed by atoms with Crippen LogP contribution in [0.25, 0.3) is 0 Å². The molecule has 0 aliphatic heterocycles. The fourth-order valence-electron chi connectivity index (χ4n) is 1.88. The van der Waals surface area contributed by atoms with Crippen LogP contribution < -0.4 is 0 Å². The number of halogens is 1. The molecule has 19 heavy (non-hydrogen) atoms. The standard InChI is InChI=1S/C15H16FNOS/c1-2-17(10-12-6-5-9-19-12)11-15(18)13-7-3-4-8-14(13)16/h3-9H,2,10-11H2,1H3. The predicted molar refractivity (Wildman–Crippen MR) is 76.0 cm³/mol. The van der Waals surface area contributed by atoms with E-state index in [-0.39, 0.29) is 17.9 Å². The van der Waals surface area contributed by atoms with Gasteiger partial charge in [0.05, 0.1) is 12.1 Å². The van der Waals surface area contributed by atoms with Crippen molar-refractivity contribution >= 4 is 17.1 Å². The summed E-state index contributed by atoms with van der Waals surface area (Å²) in [6.07, 6.45) is 0. The van der Waals surface area contributed by atoms with Gasteiger partial charge in [0, 0.05) is 11.4 Å². The number of rotatable bonds is 6.